The Kier molecular flexibility index (Phi) is 4.21. The van der Waals surface area contributed by atoms with Crippen LogP contribution in [-0.4, -0.2) is 12.1 Å². The molecule has 0 spiro atoms. The van der Waals surface area contributed by atoms with Crippen molar-refractivity contribution in [1.29, 1.82) is 5.26 Å². The van der Waals surface area contributed by atoms with Crippen molar-refractivity contribution >= 4 is 5.82 Å². The van der Waals surface area contributed by atoms with E-state index in [0.29, 0.717) is 11.4 Å². The van der Waals surface area contributed by atoms with E-state index in [2.05, 4.69) is 16.4 Å². The molecule has 0 fully saturated rings. The van der Waals surface area contributed by atoms with Gasteiger partial charge in [0.25, 0.3) is 0 Å². The van der Waals surface area contributed by atoms with Crippen LogP contribution in [0, 0.1) is 18.3 Å². The third-order valence-corrected chi connectivity index (χ3v) is 3.24. The molecule has 0 radical (unpaired) electrons. The zero-order chi connectivity index (χ0) is 14.5. The normalized spacial score (nSPS) is 11.5. The van der Waals surface area contributed by atoms with Crippen LogP contribution >= 0.6 is 0 Å². The predicted octanol–water partition coefficient (Wildman–Crippen LogP) is 3.44. The summed E-state index contributed by atoms with van der Waals surface area (Å²) in [6.45, 7) is 3.94. The SMILES string of the molecule is COc1ccc(C(C)Nc2nccc(C)c2C#N)cc1. The Bertz CT molecular complexity index is 629. The van der Waals surface area contributed by atoms with Gasteiger partial charge in [-0.1, -0.05) is 12.1 Å². The van der Waals surface area contributed by atoms with E-state index in [4.69, 9.17) is 4.74 Å². The molecule has 0 amide bonds. The van der Waals surface area contributed by atoms with Crippen LogP contribution in [0.3, 0.4) is 0 Å². The van der Waals surface area contributed by atoms with Crippen LogP contribution in [0.15, 0.2) is 36.5 Å². The average Bonchev–Trinajstić information content (AvgIpc) is 2.47. The van der Waals surface area contributed by atoms with Gasteiger partial charge in [0.1, 0.15) is 17.6 Å². The number of benzene rings is 1. The Labute approximate surface area is 119 Å². The maximum atomic E-state index is 9.20. The Morgan fingerprint density at radius 2 is 1.95 bits per heavy atom. The summed E-state index contributed by atoms with van der Waals surface area (Å²) in [6, 6.07) is 11.9. The maximum absolute atomic E-state index is 9.20. The number of nitrogens with one attached hydrogen (secondary N) is 1. The molecule has 20 heavy (non-hydrogen) atoms. The van der Waals surface area contributed by atoms with Gasteiger partial charge in [-0.05, 0) is 43.2 Å². The van der Waals surface area contributed by atoms with Crippen LogP contribution in [0.1, 0.15) is 29.7 Å². The average molecular weight is 267 g/mol. The van der Waals surface area contributed by atoms with E-state index in [1.54, 1.807) is 13.3 Å². The summed E-state index contributed by atoms with van der Waals surface area (Å²) in [7, 11) is 1.65. The van der Waals surface area contributed by atoms with Gasteiger partial charge < -0.3 is 10.1 Å². The van der Waals surface area contributed by atoms with Crippen LogP contribution < -0.4 is 10.1 Å². The number of anilines is 1. The molecule has 1 atom stereocenters. The Morgan fingerprint density at radius 3 is 2.55 bits per heavy atom. The predicted molar refractivity (Wildman–Crippen MR) is 78.7 cm³/mol. The number of nitriles is 1. The second kappa shape index (κ2) is 6.07. The van der Waals surface area contributed by atoms with E-state index < -0.39 is 0 Å². The monoisotopic (exact) mass is 267 g/mol. The molecule has 0 bridgehead atoms. The summed E-state index contributed by atoms with van der Waals surface area (Å²) in [5.41, 5.74) is 2.62. The lowest BCUT2D eigenvalue weighted by Crippen LogP contribution is -2.09. The fourth-order valence-electron chi connectivity index (χ4n) is 1.99. The topological polar surface area (TPSA) is 57.9 Å². The highest BCUT2D eigenvalue weighted by Gasteiger charge is 2.11. The van der Waals surface area contributed by atoms with Gasteiger partial charge in [-0.25, -0.2) is 4.98 Å². The van der Waals surface area contributed by atoms with Crippen molar-refractivity contribution in [2.75, 3.05) is 12.4 Å². The lowest BCUT2D eigenvalue weighted by Gasteiger charge is -2.16. The summed E-state index contributed by atoms with van der Waals surface area (Å²) < 4.78 is 5.14. The lowest BCUT2D eigenvalue weighted by molar-refractivity contribution is 0.414. The molecular formula is C16H17N3O. The molecule has 0 aliphatic carbocycles. The second-order valence-electron chi connectivity index (χ2n) is 4.60. The van der Waals surface area contributed by atoms with Crippen LogP contribution in [0.2, 0.25) is 0 Å². The van der Waals surface area contributed by atoms with Crippen LogP contribution in [0.5, 0.6) is 5.75 Å². The number of ether oxygens (including phenoxy) is 1. The molecule has 0 saturated carbocycles. The van der Waals surface area contributed by atoms with Crippen molar-refractivity contribution in [3.63, 3.8) is 0 Å². The Hall–Kier alpha value is -2.54. The molecule has 0 aliphatic rings. The lowest BCUT2D eigenvalue weighted by atomic mass is 10.1. The highest BCUT2D eigenvalue weighted by atomic mass is 16.5. The Balaban J connectivity index is 2.21. The smallest absolute Gasteiger partial charge is 0.144 e. The van der Waals surface area contributed by atoms with Crippen molar-refractivity contribution < 1.29 is 4.74 Å². The second-order valence-corrected chi connectivity index (χ2v) is 4.60. The zero-order valence-corrected chi connectivity index (χ0v) is 11.8. The first-order valence-electron chi connectivity index (χ1n) is 6.42. The number of hydrogen-bond acceptors (Lipinski definition) is 4. The van der Waals surface area contributed by atoms with Gasteiger partial charge >= 0.3 is 0 Å². The van der Waals surface area contributed by atoms with Crippen molar-refractivity contribution in [1.82, 2.24) is 4.98 Å². The minimum Gasteiger partial charge on any atom is -0.497 e. The molecule has 1 unspecified atom stereocenters. The standard InChI is InChI=1S/C16H17N3O/c1-11-8-9-18-16(15(11)10-17)19-12(2)13-4-6-14(20-3)7-5-13/h4-9,12H,1-3H3,(H,18,19). The molecule has 4 nitrogen and oxygen atoms in total. The minimum absolute atomic E-state index is 0.0577. The first-order valence-corrected chi connectivity index (χ1v) is 6.42. The van der Waals surface area contributed by atoms with E-state index >= 15 is 0 Å². The molecule has 4 heteroatoms. The molecule has 2 rings (SSSR count). The number of nitrogens with zero attached hydrogens (tertiary/aromatic N) is 2. The zero-order valence-electron chi connectivity index (χ0n) is 11.8. The third-order valence-electron chi connectivity index (χ3n) is 3.24. The highest BCUT2D eigenvalue weighted by molar-refractivity contribution is 5.56. The van der Waals surface area contributed by atoms with Gasteiger partial charge in [0, 0.05) is 12.2 Å². The fourth-order valence-corrected chi connectivity index (χ4v) is 1.99. The first-order chi connectivity index (χ1) is 9.65. The van der Waals surface area contributed by atoms with Gasteiger partial charge in [0.2, 0.25) is 0 Å². The number of methoxy groups -OCH3 is 1. The Morgan fingerprint density at radius 1 is 1.25 bits per heavy atom. The largest absolute Gasteiger partial charge is 0.497 e. The molecule has 1 aromatic heterocycles. The van der Waals surface area contributed by atoms with Crippen LogP contribution in [0.4, 0.5) is 5.82 Å². The summed E-state index contributed by atoms with van der Waals surface area (Å²) >= 11 is 0. The van der Waals surface area contributed by atoms with E-state index in [1.165, 1.54) is 0 Å². The van der Waals surface area contributed by atoms with Gasteiger partial charge in [-0.2, -0.15) is 5.26 Å². The fraction of sp³-hybridized carbons (Fsp3) is 0.250. The van der Waals surface area contributed by atoms with Crippen LogP contribution in [-0.2, 0) is 0 Å². The molecule has 0 aliphatic heterocycles. The number of hydrogen-bond donors (Lipinski definition) is 1. The van der Waals surface area contributed by atoms with E-state index in [-0.39, 0.29) is 6.04 Å². The van der Waals surface area contributed by atoms with Gasteiger partial charge in [0.05, 0.1) is 12.7 Å². The number of aromatic nitrogens is 1. The molecule has 102 valence electrons. The van der Waals surface area contributed by atoms with Crippen molar-refractivity contribution in [2.45, 2.75) is 19.9 Å². The van der Waals surface area contributed by atoms with E-state index in [1.807, 2.05) is 44.2 Å². The van der Waals surface area contributed by atoms with E-state index in [9.17, 15) is 5.26 Å². The van der Waals surface area contributed by atoms with Crippen molar-refractivity contribution in [3.05, 3.63) is 53.2 Å². The molecule has 2 aromatic rings. The number of rotatable bonds is 4. The third kappa shape index (κ3) is 2.89. The molecule has 1 N–H and O–H groups in total. The van der Waals surface area contributed by atoms with Crippen molar-refractivity contribution in [2.24, 2.45) is 0 Å². The minimum atomic E-state index is 0.0577. The molecular weight excluding hydrogens is 250 g/mol. The summed E-state index contributed by atoms with van der Waals surface area (Å²) in [5, 5.41) is 12.5. The summed E-state index contributed by atoms with van der Waals surface area (Å²) in [6.07, 6.45) is 1.71. The first kappa shape index (κ1) is 13.9. The quantitative estimate of drug-likeness (QED) is 0.921. The maximum Gasteiger partial charge on any atom is 0.144 e. The highest BCUT2D eigenvalue weighted by Crippen LogP contribution is 2.23. The summed E-state index contributed by atoms with van der Waals surface area (Å²) in [4.78, 5) is 4.25. The summed E-state index contributed by atoms with van der Waals surface area (Å²) in [5.74, 6) is 1.45. The van der Waals surface area contributed by atoms with Crippen LogP contribution in [0.25, 0.3) is 0 Å². The van der Waals surface area contributed by atoms with E-state index in [0.717, 1.165) is 16.9 Å². The molecule has 1 aromatic carbocycles. The number of aryl methyl sites for hydroxylation is 1. The van der Waals surface area contributed by atoms with Gasteiger partial charge in [0.15, 0.2) is 0 Å². The van der Waals surface area contributed by atoms with Gasteiger partial charge in [-0.15, -0.1) is 0 Å². The molecule has 0 saturated heterocycles. The van der Waals surface area contributed by atoms with Gasteiger partial charge in [-0.3, -0.25) is 0 Å². The van der Waals surface area contributed by atoms with Crippen molar-refractivity contribution in [3.8, 4) is 11.8 Å². The number of pyridine rings is 1. The molecule has 1 heterocycles.